The van der Waals surface area contributed by atoms with Crippen LogP contribution in [0.3, 0.4) is 0 Å². The van der Waals surface area contributed by atoms with E-state index in [4.69, 9.17) is 0 Å². The van der Waals surface area contributed by atoms with Gasteiger partial charge in [0.2, 0.25) is 0 Å². The van der Waals surface area contributed by atoms with Crippen molar-refractivity contribution in [2.45, 2.75) is 33.2 Å². The van der Waals surface area contributed by atoms with Crippen LogP contribution >= 0.6 is 0 Å². The summed E-state index contributed by atoms with van der Waals surface area (Å²) in [7, 11) is 2.10. The van der Waals surface area contributed by atoms with E-state index in [1.165, 1.54) is 5.82 Å². The molecule has 0 aromatic carbocycles. The summed E-state index contributed by atoms with van der Waals surface area (Å²) in [6.07, 6.45) is 7.66. The predicted molar refractivity (Wildman–Crippen MR) is 57.1 cm³/mol. The highest BCUT2D eigenvalue weighted by Crippen LogP contribution is 2.17. The molecule has 1 rings (SSSR count). The summed E-state index contributed by atoms with van der Waals surface area (Å²) in [5.41, 5.74) is 0. The number of allylic oxidation sites excluding steroid dienone is 2. The Morgan fingerprint density at radius 1 is 1.54 bits per heavy atom. The van der Waals surface area contributed by atoms with Gasteiger partial charge in [-0.2, -0.15) is 0 Å². The number of hydrogen-bond acceptors (Lipinski definition) is 2. The highest BCUT2D eigenvalue weighted by molar-refractivity contribution is 5.11. The Morgan fingerprint density at radius 3 is 2.69 bits per heavy atom. The summed E-state index contributed by atoms with van der Waals surface area (Å²) in [6, 6.07) is 0.574. The highest BCUT2D eigenvalue weighted by Gasteiger charge is 2.14. The Labute approximate surface area is 81.5 Å². The largest absolute Gasteiger partial charge is 0.356 e. The maximum atomic E-state index is 2.41. The normalized spacial score (nSPS) is 16.4. The van der Waals surface area contributed by atoms with Gasteiger partial charge in [0.25, 0.3) is 0 Å². The maximum Gasteiger partial charge on any atom is 0.104 e. The molecule has 2 heteroatoms. The van der Waals surface area contributed by atoms with Gasteiger partial charge in [0.05, 0.1) is 0 Å². The van der Waals surface area contributed by atoms with Crippen molar-refractivity contribution >= 4 is 0 Å². The van der Waals surface area contributed by atoms with Crippen LogP contribution in [0.1, 0.15) is 27.2 Å². The van der Waals surface area contributed by atoms with E-state index in [2.05, 4.69) is 56.0 Å². The first-order chi connectivity index (χ1) is 6.16. The standard InChI is InChI=1S/C11H20N2/c1-5-13(10(2)3)11-8-6-7-9-12(11)4/h7-10H,5-6H2,1-4H3. The number of hydrogen-bond donors (Lipinski definition) is 0. The summed E-state index contributed by atoms with van der Waals surface area (Å²) < 4.78 is 0. The van der Waals surface area contributed by atoms with Crippen molar-refractivity contribution in [3.05, 3.63) is 24.2 Å². The molecule has 1 heterocycles. The second-order valence-corrected chi connectivity index (χ2v) is 3.67. The minimum Gasteiger partial charge on any atom is -0.356 e. The SMILES string of the molecule is CCN(C1=CCC=CN1C)C(C)C. The van der Waals surface area contributed by atoms with E-state index in [0.29, 0.717) is 6.04 Å². The third-order valence-electron chi connectivity index (χ3n) is 2.39. The van der Waals surface area contributed by atoms with Crippen LogP contribution in [0.2, 0.25) is 0 Å². The van der Waals surface area contributed by atoms with Gasteiger partial charge in [-0.25, -0.2) is 0 Å². The fourth-order valence-electron chi connectivity index (χ4n) is 1.72. The second kappa shape index (κ2) is 4.35. The molecule has 0 N–H and O–H groups in total. The average molecular weight is 180 g/mol. The molecule has 0 spiro atoms. The monoisotopic (exact) mass is 180 g/mol. The maximum absolute atomic E-state index is 2.41. The third-order valence-corrected chi connectivity index (χ3v) is 2.39. The minimum absolute atomic E-state index is 0.574. The van der Waals surface area contributed by atoms with Gasteiger partial charge in [-0.3, -0.25) is 0 Å². The zero-order valence-electron chi connectivity index (χ0n) is 9.12. The molecule has 1 aliphatic heterocycles. The van der Waals surface area contributed by atoms with Crippen molar-refractivity contribution in [3.8, 4) is 0 Å². The molecule has 0 fully saturated rings. The fraction of sp³-hybridized carbons (Fsp3) is 0.636. The molecule has 0 radical (unpaired) electrons. The molecule has 13 heavy (non-hydrogen) atoms. The van der Waals surface area contributed by atoms with Crippen molar-refractivity contribution in [3.63, 3.8) is 0 Å². The van der Waals surface area contributed by atoms with Crippen molar-refractivity contribution in [2.75, 3.05) is 13.6 Å². The molecule has 0 aliphatic carbocycles. The molecule has 1 aliphatic rings. The molecule has 2 nitrogen and oxygen atoms in total. The molecular formula is C11H20N2. The molecule has 0 aromatic rings. The summed E-state index contributed by atoms with van der Waals surface area (Å²) in [6.45, 7) is 7.74. The van der Waals surface area contributed by atoms with Crippen LogP contribution in [0.4, 0.5) is 0 Å². The van der Waals surface area contributed by atoms with Crippen molar-refractivity contribution in [1.29, 1.82) is 0 Å². The van der Waals surface area contributed by atoms with E-state index < -0.39 is 0 Å². The van der Waals surface area contributed by atoms with Crippen LogP contribution in [-0.4, -0.2) is 29.4 Å². The Morgan fingerprint density at radius 2 is 2.23 bits per heavy atom. The Bertz CT molecular complexity index is 216. The van der Waals surface area contributed by atoms with E-state index in [-0.39, 0.29) is 0 Å². The van der Waals surface area contributed by atoms with E-state index in [9.17, 15) is 0 Å². The Balaban J connectivity index is 2.73. The second-order valence-electron chi connectivity index (χ2n) is 3.67. The van der Waals surface area contributed by atoms with Gasteiger partial charge < -0.3 is 9.80 Å². The van der Waals surface area contributed by atoms with Crippen LogP contribution in [0.25, 0.3) is 0 Å². The van der Waals surface area contributed by atoms with Crippen molar-refractivity contribution in [1.82, 2.24) is 9.80 Å². The summed E-state index contributed by atoms with van der Waals surface area (Å²) in [5, 5.41) is 0. The first-order valence-corrected chi connectivity index (χ1v) is 5.03. The predicted octanol–water partition coefficient (Wildman–Crippen LogP) is 2.41. The summed E-state index contributed by atoms with van der Waals surface area (Å²) in [4.78, 5) is 4.59. The zero-order valence-corrected chi connectivity index (χ0v) is 9.12. The van der Waals surface area contributed by atoms with Gasteiger partial charge in [0.1, 0.15) is 5.82 Å². The molecule has 0 aromatic heterocycles. The highest BCUT2D eigenvalue weighted by atomic mass is 15.3. The average Bonchev–Trinajstić information content (AvgIpc) is 2.09. The Kier molecular flexibility index (Phi) is 3.40. The van der Waals surface area contributed by atoms with Gasteiger partial charge in [-0.05, 0) is 33.3 Å². The van der Waals surface area contributed by atoms with Crippen LogP contribution < -0.4 is 0 Å². The molecular weight excluding hydrogens is 160 g/mol. The topological polar surface area (TPSA) is 6.48 Å². The smallest absolute Gasteiger partial charge is 0.104 e. The van der Waals surface area contributed by atoms with Crippen LogP contribution in [-0.2, 0) is 0 Å². The third kappa shape index (κ3) is 2.27. The minimum atomic E-state index is 0.574. The van der Waals surface area contributed by atoms with Gasteiger partial charge in [0.15, 0.2) is 0 Å². The van der Waals surface area contributed by atoms with Crippen LogP contribution in [0.15, 0.2) is 24.2 Å². The van der Waals surface area contributed by atoms with E-state index in [1.54, 1.807) is 0 Å². The lowest BCUT2D eigenvalue weighted by molar-refractivity contribution is 0.232. The van der Waals surface area contributed by atoms with Gasteiger partial charge in [-0.1, -0.05) is 6.08 Å². The van der Waals surface area contributed by atoms with Gasteiger partial charge in [-0.15, -0.1) is 0 Å². The molecule has 0 bridgehead atoms. The molecule has 0 atom stereocenters. The van der Waals surface area contributed by atoms with E-state index in [0.717, 1.165) is 13.0 Å². The molecule has 0 saturated carbocycles. The lowest BCUT2D eigenvalue weighted by Crippen LogP contribution is -2.36. The molecule has 0 unspecified atom stereocenters. The van der Waals surface area contributed by atoms with E-state index in [1.807, 2.05) is 0 Å². The first kappa shape index (κ1) is 10.2. The van der Waals surface area contributed by atoms with Crippen molar-refractivity contribution < 1.29 is 0 Å². The van der Waals surface area contributed by atoms with Crippen LogP contribution in [0.5, 0.6) is 0 Å². The lowest BCUT2D eigenvalue weighted by atomic mass is 10.2. The zero-order chi connectivity index (χ0) is 9.84. The van der Waals surface area contributed by atoms with E-state index >= 15 is 0 Å². The fourth-order valence-corrected chi connectivity index (χ4v) is 1.72. The summed E-state index contributed by atoms with van der Waals surface area (Å²) >= 11 is 0. The quantitative estimate of drug-likeness (QED) is 0.658. The number of nitrogens with zero attached hydrogens (tertiary/aromatic N) is 2. The Hall–Kier alpha value is -0.920. The lowest BCUT2D eigenvalue weighted by Gasteiger charge is -2.35. The molecule has 74 valence electrons. The number of rotatable bonds is 3. The van der Waals surface area contributed by atoms with Crippen molar-refractivity contribution in [2.24, 2.45) is 0 Å². The first-order valence-electron chi connectivity index (χ1n) is 5.03. The molecule has 0 saturated heterocycles. The van der Waals surface area contributed by atoms with Crippen LogP contribution in [0, 0.1) is 0 Å². The van der Waals surface area contributed by atoms with Gasteiger partial charge in [0, 0.05) is 25.8 Å². The van der Waals surface area contributed by atoms with Gasteiger partial charge >= 0.3 is 0 Å². The molecule has 0 amide bonds. The summed E-state index contributed by atoms with van der Waals surface area (Å²) in [5.74, 6) is 1.33.